The maximum atomic E-state index is 13.1. The number of nitrogens with one attached hydrogen (secondary N) is 1. The molecular weight excluding hydrogens is 565 g/mol. The first-order valence-electron chi connectivity index (χ1n) is 12.2. The van der Waals surface area contributed by atoms with Gasteiger partial charge in [0.05, 0.1) is 18.2 Å². The number of carboxylic acid groups (broad SMARTS) is 1. The van der Waals surface area contributed by atoms with Crippen LogP contribution < -0.4 is 15.0 Å². The van der Waals surface area contributed by atoms with Crippen molar-refractivity contribution in [2.75, 3.05) is 44.9 Å². The quantitative estimate of drug-likeness (QED) is 0.316. The highest BCUT2D eigenvalue weighted by Gasteiger charge is 2.32. The van der Waals surface area contributed by atoms with Gasteiger partial charge < -0.3 is 29.7 Å². The monoisotopic (exact) mass is 591 g/mol. The van der Waals surface area contributed by atoms with Crippen molar-refractivity contribution >= 4 is 46.8 Å². The van der Waals surface area contributed by atoms with Crippen LogP contribution in [0.25, 0.3) is 5.95 Å². The molecule has 0 saturated carbocycles. The van der Waals surface area contributed by atoms with E-state index < -0.39 is 18.6 Å². The van der Waals surface area contributed by atoms with Gasteiger partial charge in [-0.1, -0.05) is 29.3 Å². The molecule has 4 rings (SSSR count). The van der Waals surface area contributed by atoms with Crippen LogP contribution in [0.4, 0.5) is 5.82 Å². The zero-order valence-corrected chi connectivity index (χ0v) is 23.0. The topological polar surface area (TPSA) is 152 Å². The number of carbonyl (C=O) groups excluding carboxylic acids is 2. The van der Waals surface area contributed by atoms with Crippen LogP contribution in [0, 0.1) is 0 Å². The number of carboxylic acids is 1. The third kappa shape index (κ3) is 7.58. The summed E-state index contributed by atoms with van der Waals surface area (Å²) in [7, 11) is 1.52. The van der Waals surface area contributed by atoms with E-state index in [4.69, 9.17) is 37.8 Å². The molecule has 2 aromatic heterocycles. The molecule has 1 fully saturated rings. The molecule has 40 heavy (non-hydrogen) atoms. The Morgan fingerprint density at radius 2 is 1.98 bits per heavy atom. The largest absolute Gasteiger partial charge is 0.495 e. The van der Waals surface area contributed by atoms with Crippen LogP contribution in [0.1, 0.15) is 12.0 Å². The molecule has 0 radical (unpaired) electrons. The molecule has 3 aromatic rings. The van der Waals surface area contributed by atoms with Gasteiger partial charge in [-0.3, -0.25) is 14.2 Å². The highest BCUT2D eigenvalue weighted by Crippen LogP contribution is 2.26. The van der Waals surface area contributed by atoms with Crippen LogP contribution in [0.3, 0.4) is 0 Å². The third-order valence-electron chi connectivity index (χ3n) is 6.11. The van der Waals surface area contributed by atoms with E-state index in [9.17, 15) is 14.4 Å². The number of hydrogen-bond acceptors (Lipinski definition) is 9. The minimum Gasteiger partial charge on any atom is -0.495 e. The Morgan fingerprint density at radius 3 is 2.67 bits per heavy atom. The van der Waals surface area contributed by atoms with Crippen LogP contribution in [0.15, 0.2) is 43.0 Å². The average Bonchev–Trinajstić information content (AvgIpc) is 3.47. The van der Waals surface area contributed by atoms with E-state index in [2.05, 4.69) is 20.3 Å². The molecule has 0 bridgehead atoms. The normalized spacial score (nSPS) is 15.1. The summed E-state index contributed by atoms with van der Waals surface area (Å²) in [5.41, 5.74) is 0.791. The number of imidazole rings is 1. The van der Waals surface area contributed by atoms with Crippen molar-refractivity contribution < 1.29 is 29.0 Å². The summed E-state index contributed by atoms with van der Waals surface area (Å²) >= 11 is 12.5. The van der Waals surface area contributed by atoms with E-state index in [0.717, 1.165) is 5.56 Å². The van der Waals surface area contributed by atoms with Gasteiger partial charge >= 0.3 is 5.97 Å². The minimum absolute atomic E-state index is 0.0334. The zero-order valence-electron chi connectivity index (χ0n) is 21.5. The Morgan fingerprint density at radius 1 is 1.15 bits per heavy atom. The maximum absolute atomic E-state index is 13.1. The molecule has 1 aromatic carbocycles. The number of anilines is 1. The molecule has 1 saturated heterocycles. The lowest BCUT2D eigenvalue weighted by molar-refractivity contribution is -0.146. The molecule has 1 aliphatic heterocycles. The average molecular weight is 592 g/mol. The predicted octanol–water partition coefficient (Wildman–Crippen LogP) is 1.80. The van der Waals surface area contributed by atoms with E-state index in [1.807, 2.05) is 4.90 Å². The second-order valence-electron chi connectivity index (χ2n) is 8.84. The number of carbonyl (C=O) groups is 3. The van der Waals surface area contributed by atoms with Crippen LogP contribution in [-0.2, 0) is 25.7 Å². The van der Waals surface area contributed by atoms with E-state index >= 15 is 0 Å². The van der Waals surface area contributed by atoms with Gasteiger partial charge in [-0.2, -0.15) is 4.98 Å². The number of amides is 2. The number of aliphatic carboxylic acids is 1. The number of hydrogen-bond donors (Lipinski definition) is 2. The van der Waals surface area contributed by atoms with Gasteiger partial charge in [0, 0.05) is 51.1 Å². The SMILES string of the molecule is COc1ccc(CNC(=O)CC2CN(C(=O)COCC(=O)O)CCN2c2cc(Cl)nc(-n3ccnc3)n2)cc1Cl. The van der Waals surface area contributed by atoms with E-state index in [0.29, 0.717) is 35.6 Å². The van der Waals surface area contributed by atoms with E-state index in [-0.39, 0.29) is 43.1 Å². The predicted molar refractivity (Wildman–Crippen MR) is 145 cm³/mol. The Bertz CT molecular complexity index is 1360. The Kier molecular flexibility index (Phi) is 9.74. The summed E-state index contributed by atoms with van der Waals surface area (Å²) in [6.45, 7) is 0.105. The molecule has 0 spiro atoms. The van der Waals surface area contributed by atoms with Crippen molar-refractivity contribution in [3.05, 3.63) is 58.7 Å². The first kappa shape index (κ1) is 29.1. The first-order valence-corrected chi connectivity index (χ1v) is 12.9. The molecule has 1 unspecified atom stereocenters. The Labute approximate surface area is 239 Å². The fourth-order valence-electron chi connectivity index (χ4n) is 4.22. The lowest BCUT2D eigenvalue weighted by Gasteiger charge is -2.42. The lowest BCUT2D eigenvalue weighted by atomic mass is 10.1. The smallest absolute Gasteiger partial charge is 0.329 e. The van der Waals surface area contributed by atoms with Gasteiger partial charge in [0.15, 0.2) is 0 Å². The lowest BCUT2D eigenvalue weighted by Crippen LogP contribution is -2.57. The summed E-state index contributed by atoms with van der Waals surface area (Å²) in [6, 6.07) is 6.36. The number of ether oxygens (including phenoxy) is 2. The molecule has 2 amide bonds. The maximum Gasteiger partial charge on any atom is 0.329 e. The van der Waals surface area contributed by atoms with Crippen molar-refractivity contribution in [2.24, 2.45) is 0 Å². The van der Waals surface area contributed by atoms with Crippen LogP contribution in [0.2, 0.25) is 10.2 Å². The number of aromatic nitrogens is 4. The fourth-order valence-corrected chi connectivity index (χ4v) is 4.67. The molecule has 3 heterocycles. The molecule has 15 heteroatoms. The van der Waals surface area contributed by atoms with E-state index in [1.165, 1.54) is 7.11 Å². The van der Waals surface area contributed by atoms with Crippen molar-refractivity contribution in [1.29, 1.82) is 0 Å². The highest BCUT2D eigenvalue weighted by molar-refractivity contribution is 6.32. The molecule has 212 valence electrons. The number of halogens is 2. The van der Waals surface area contributed by atoms with Crippen LogP contribution in [0.5, 0.6) is 5.75 Å². The fraction of sp³-hybridized carbons (Fsp3) is 0.360. The molecule has 0 aliphatic carbocycles. The van der Waals surface area contributed by atoms with Crippen LogP contribution >= 0.6 is 23.2 Å². The summed E-state index contributed by atoms with van der Waals surface area (Å²) in [4.78, 5) is 52.8. The number of methoxy groups -OCH3 is 1. The van der Waals surface area contributed by atoms with Gasteiger partial charge in [0.1, 0.15) is 36.3 Å². The van der Waals surface area contributed by atoms with E-state index in [1.54, 1.807) is 52.5 Å². The first-order chi connectivity index (χ1) is 19.2. The summed E-state index contributed by atoms with van der Waals surface area (Å²) < 4.78 is 11.7. The number of benzene rings is 1. The Balaban J connectivity index is 1.50. The van der Waals surface area contributed by atoms with Crippen LogP contribution in [-0.4, -0.2) is 93.3 Å². The van der Waals surface area contributed by atoms with Crippen molar-refractivity contribution in [3.63, 3.8) is 0 Å². The zero-order chi connectivity index (χ0) is 28.6. The number of piperazine rings is 1. The molecule has 13 nitrogen and oxygen atoms in total. The number of rotatable bonds is 11. The standard InChI is InChI=1S/C25H27Cl2N7O6/c1-39-19-3-2-16(8-18(19)26)11-29-22(35)9-17-12-32(23(36)13-40-14-24(37)38)6-7-34(17)21-10-20(27)30-25(31-21)33-5-4-28-15-33/h2-5,8,10,15,17H,6-7,9,11-14H2,1H3,(H,29,35)(H,37,38). The van der Waals surface area contributed by atoms with Gasteiger partial charge in [0.25, 0.3) is 0 Å². The summed E-state index contributed by atoms with van der Waals surface area (Å²) in [5.74, 6) is -0.477. The second kappa shape index (κ2) is 13.4. The molecular formula is C25H27Cl2N7O6. The van der Waals surface area contributed by atoms with Gasteiger partial charge in [-0.15, -0.1) is 0 Å². The van der Waals surface area contributed by atoms with Gasteiger partial charge in [-0.05, 0) is 17.7 Å². The third-order valence-corrected chi connectivity index (χ3v) is 6.60. The van der Waals surface area contributed by atoms with Crippen molar-refractivity contribution in [1.82, 2.24) is 29.7 Å². The highest BCUT2D eigenvalue weighted by atomic mass is 35.5. The van der Waals surface area contributed by atoms with Gasteiger partial charge in [0.2, 0.25) is 17.8 Å². The van der Waals surface area contributed by atoms with Crippen molar-refractivity contribution in [2.45, 2.75) is 19.0 Å². The van der Waals surface area contributed by atoms with Crippen molar-refractivity contribution in [3.8, 4) is 11.7 Å². The summed E-state index contributed by atoms with van der Waals surface area (Å²) in [6.07, 6.45) is 4.84. The Hall–Kier alpha value is -3.94. The van der Waals surface area contributed by atoms with Gasteiger partial charge in [-0.25, -0.2) is 14.8 Å². The molecule has 1 atom stereocenters. The number of nitrogens with zero attached hydrogens (tertiary/aromatic N) is 6. The summed E-state index contributed by atoms with van der Waals surface area (Å²) in [5, 5.41) is 12.3. The molecule has 2 N–H and O–H groups in total. The second-order valence-corrected chi connectivity index (χ2v) is 9.64. The molecule has 1 aliphatic rings. The minimum atomic E-state index is -1.17.